The first-order chi connectivity index (χ1) is 15.0. The maximum atomic E-state index is 12.9. The Morgan fingerprint density at radius 2 is 2.03 bits per heavy atom. The van der Waals surface area contributed by atoms with Gasteiger partial charge in [0.1, 0.15) is 11.8 Å². The first kappa shape index (κ1) is 21.5. The first-order valence-corrected chi connectivity index (χ1v) is 11.0. The fraction of sp³-hybridized carbons (Fsp3) is 0.375. The van der Waals surface area contributed by atoms with Crippen molar-refractivity contribution < 1.29 is 19.4 Å². The highest BCUT2D eigenvalue weighted by Gasteiger charge is 2.35. The summed E-state index contributed by atoms with van der Waals surface area (Å²) >= 11 is 6.25. The lowest BCUT2D eigenvalue weighted by atomic mass is 9.92. The number of ether oxygens (including phenoxy) is 2. The van der Waals surface area contributed by atoms with Gasteiger partial charge in [0.15, 0.2) is 0 Å². The van der Waals surface area contributed by atoms with Crippen molar-refractivity contribution in [1.82, 2.24) is 9.88 Å². The third kappa shape index (κ3) is 4.50. The molecule has 4 rings (SSSR count). The second-order valence-electron chi connectivity index (χ2n) is 7.98. The molecule has 0 fully saturated rings. The number of aromatic amines is 1. The van der Waals surface area contributed by atoms with Crippen molar-refractivity contribution in [2.75, 3.05) is 19.8 Å². The van der Waals surface area contributed by atoms with Crippen LogP contribution in [0.15, 0.2) is 42.5 Å². The first-order valence-electron chi connectivity index (χ1n) is 10.6. The molecule has 2 N–H and O–H groups in total. The van der Waals surface area contributed by atoms with E-state index in [1.807, 2.05) is 56.3 Å². The molecule has 0 spiro atoms. The topological polar surface area (TPSA) is 74.8 Å². The van der Waals surface area contributed by atoms with E-state index in [0.29, 0.717) is 24.6 Å². The number of halogens is 1. The molecule has 0 bridgehead atoms. The number of aromatic nitrogens is 1. The van der Waals surface area contributed by atoms with Crippen LogP contribution in [0.25, 0.3) is 10.9 Å². The van der Waals surface area contributed by atoms with E-state index in [1.54, 1.807) is 4.90 Å². The van der Waals surface area contributed by atoms with Gasteiger partial charge in [0.2, 0.25) is 0 Å². The van der Waals surface area contributed by atoms with Crippen LogP contribution in [0.1, 0.15) is 43.1 Å². The zero-order valence-corrected chi connectivity index (χ0v) is 18.5. The largest absolute Gasteiger partial charge is 0.494 e. The summed E-state index contributed by atoms with van der Waals surface area (Å²) in [6.45, 7) is 4.81. The van der Waals surface area contributed by atoms with Crippen molar-refractivity contribution in [2.24, 2.45) is 0 Å². The van der Waals surface area contributed by atoms with Gasteiger partial charge < -0.3 is 19.6 Å². The minimum Gasteiger partial charge on any atom is -0.494 e. The molecule has 31 heavy (non-hydrogen) atoms. The zero-order chi connectivity index (χ0) is 22.0. The molecule has 1 atom stereocenters. The summed E-state index contributed by atoms with van der Waals surface area (Å²) in [7, 11) is 0. The number of hydrogen-bond donors (Lipinski definition) is 2. The van der Waals surface area contributed by atoms with Gasteiger partial charge in [-0.3, -0.25) is 4.90 Å². The van der Waals surface area contributed by atoms with Crippen LogP contribution in [-0.2, 0) is 11.2 Å². The average molecular weight is 443 g/mol. The Morgan fingerprint density at radius 3 is 2.74 bits per heavy atom. The van der Waals surface area contributed by atoms with Gasteiger partial charge in [-0.15, -0.1) is 0 Å². The van der Waals surface area contributed by atoms with Gasteiger partial charge in [0, 0.05) is 41.2 Å². The second-order valence-corrected chi connectivity index (χ2v) is 8.42. The number of rotatable bonds is 6. The van der Waals surface area contributed by atoms with E-state index >= 15 is 0 Å². The second kappa shape index (κ2) is 9.20. The van der Waals surface area contributed by atoms with E-state index in [-0.39, 0.29) is 24.8 Å². The van der Waals surface area contributed by atoms with Gasteiger partial charge in [0.05, 0.1) is 12.7 Å². The van der Waals surface area contributed by atoms with Crippen molar-refractivity contribution >= 4 is 28.6 Å². The van der Waals surface area contributed by atoms with Crippen LogP contribution < -0.4 is 4.74 Å². The molecule has 0 radical (unpaired) electrons. The predicted octanol–water partition coefficient (Wildman–Crippen LogP) is 5.08. The highest BCUT2D eigenvalue weighted by molar-refractivity contribution is 6.31. The number of aliphatic hydroxyl groups excluding tert-OH is 1. The number of hydrogen-bond acceptors (Lipinski definition) is 4. The van der Waals surface area contributed by atoms with Gasteiger partial charge in [-0.1, -0.05) is 23.7 Å². The number of nitrogens with one attached hydrogen (secondary N) is 1. The number of aliphatic hydroxyl groups is 1. The molecule has 2 aromatic carbocycles. The third-order valence-electron chi connectivity index (χ3n) is 5.43. The summed E-state index contributed by atoms with van der Waals surface area (Å²) in [5.74, 6) is 0.730. The quantitative estimate of drug-likeness (QED) is 0.522. The van der Waals surface area contributed by atoms with Gasteiger partial charge in [-0.25, -0.2) is 4.79 Å². The van der Waals surface area contributed by atoms with Crippen LogP contribution in [0.2, 0.25) is 5.02 Å². The number of H-pyrrole nitrogens is 1. The summed E-state index contributed by atoms with van der Waals surface area (Å²) < 4.78 is 11.2. The molecule has 0 saturated carbocycles. The van der Waals surface area contributed by atoms with Crippen molar-refractivity contribution in [2.45, 2.75) is 38.8 Å². The minimum absolute atomic E-state index is 0.0975. The lowest BCUT2D eigenvalue weighted by Gasteiger charge is -2.36. The van der Waals surface area contributed by atoms with E-state index in [0.717, 1.165) is 34.3 Å². The summed E-state index contributed by atoms with van der Waals surface area (Å²) in [5, 5.41) is 10.7. The van der Waals surface area contributed by atoms with Gasteiger partial charge in [-0.2, -0.15) is 0 Å². The molecular formula is C24H27ClN2O4. The fourth-order valence-electron chi connectivity index (χ4n) is 4.07. The van der Waals surface area contributed by atoms with Gasteiger partial charge in [-0.05, 0) is 61.7 Å². The molecule has 0 saturated heterocycles. The average Bonchev–Trinajstić information content (AvgIpc) is 3.11. The molecule has 1 amide bonds. The number of nitrogens with zero attached hydrogens (tertiary/aromatic N) is 1. The number of carbonyl (C=O) groups excluding carboxylic acids is 1. The maximum absolute atomic E-state index is 12.9. The van der Waals surface area contributed by atoms with Crippen LogP contribution in [0.4, 0.5) is 4.79 Å². The molecule has 0 aliphatic carbocycles. The molecule has 1 aliphatic rings. The van der Waals surface area contributed by atoms with Gasteiger partial charge >= 0.3 is 6.09 Å². The molecule has 164 valence electrons. The Hall–Kier alpha value is -2.70. The monoisotopic (exact) mass is 442 g/mol. The number of benzene rings is 2. The van der Waals surface area contributed by atoms with Crippen LogP contribution >= 0.6 is 11.6 Å². The molecule has 7 heteroatoms. The number of carbonyl (C=O) groups is 1. The summed E-state index contributed by atoms with van der Waals surface area (Å²) in [6.07, 6.45) is 0.783. The number of fused-ring (bicyclic) bond motifs is 3. The highest BCUT2D eigenvalue weighted by Crippen LogP contribution is 2.39. The van der Waals surface area contributed by atoms with Crippen molar-refractivity contribution in [3.05, 3.63) is 64.3 Å². The molecule has 1 unspecified atom stereocenters. The molecule has 1 aliphatic heterocycles. The Balaban J connectivity index is 1.73. The zero-order valence-electron chi connectivity index (χ0n) is 17.7. The standard InChI is InChI=1S/C24H27ClN2O4/c1-15(2)31-24(29)27-11-10-19-20-14-17(25)6-9-21(20)26-22(19)23(27)16-4-7-18(8-5-16)30-13-3-12-28/h4-9,14-15,23,26,28H,3,10-13H2,1-2H3. The predicted molar refractivity (Wildman–Crippen MR) is 121 cm³/mol. The molecule has 3 aromatic rings. The van der Waals surface area contributed by atoms with Crippen LogP contribution in [-0.4, -0.2) is 46.9 Å². The minimum atomic E-state index is -0.328. The van der Waals surface area contributed by atoms with E-state index in [2.05, 4.69) is 4.98 Å². The Bertz CT molecular complexity index is 1060. The molecular weight excluding hydrogens is 416 g/mol. The normalized spacial score (nSPS) is 15.9. The molecule has 1 aromatic heterocycles. The highest BCUT2D eigenvalue weighted by atomic mass is 35.5. The Labute approximate surface area is 186 Å². The molecule has 6 nitrogen and oxygen atoms in total. The van der Waals surface area contributed by atoms with E-state index < -0.39 is 0 Å². The maximum Gasteiger partial charge on any atom is 0.410 e. The lowest BCUT2D eigenvalue weighted by Crippen LogP contribution is -2.41. The Kier molecular flexibility index (Phi) is 6.39. The van der Waals surface area contributed by atoms with Gasteiger partial charge in [0.25, 0.3) is 0 Å². The lowest BCUT2D eigenvalue weighted by molar-refractivity contribution is 0.0655. The fourth-order valence-corrected chi connectivity index (χ4v) is 4.25. The SMILES string of the molecule is CC(C)OC(=O)N1CCc2c([nH]c3ccc(Cl)cc23)C1c1ccc(OCCCO)cc1. The van der Waals surface area contributed by atoms with E-state index in [1.165, 1.54) is 5.56 Å². The summed E-state index contributed by atoms with van der Waals surface area (Å²) in [6, 6.07) is 13.3. The smallest absolute Gasteiger partial charge is 0.410 e. The summed E-state index contributed by atoms with van der Waals surface area (Å²) in [5.41, 5.74) is 4.13. The van der Waals surface area contributed by atoms with E-state index in [4.69, 9.17) is 26.2 Å². The van der Waals surface area contributed by atoms with Crippen LogP contribution in [0, 0.1) is 0 Å². The Morgan fingerprint density at radius 1 is 1.26 bits per heavy atom. The van der Waals surface area contributed by atoms with Crippen LogP contribution in [0.3, 0.4) is 0 Å². The third-order valence-corrected chi connectivity index (χ3v) is 5.66. The number of amides is 1. The van der Waals surface area contributed by atoms with Crippen molar-refractivity contribution in [3.63, 3.8) is 0 Å². The summed E-state index contributed by atoms with van der Waals surface area (Å²) in [4.78, 5) is 18.2. The van der Waals surface area contributed by atoms with Crippen LogP contribution in [0.5, 0.6) is 5.75 Å². The van der Waals surface area contributed by atoms with Crippen molar-refractivity contribution in [1.29, 1.82) is 0 Å². The van der Waals surface area contributed by atoms with Crippen molar-refractivity contribution in [3.8, 4) is 5.75 Å². The molecule has 2 heterocycles. The van der Waals surface area contributed by atoms with E-state index in [9.17, 15) is 4.79 Å².